The average molecular weight is 435 g/mol. The fourth-order valence-corrected chi connectivity index (χ4v) is 3.46. The molecule has 3 aromatic rings. The number of methoxy groups -OCH3 is 1. The van der Waals surface area contributed by atoms with E-state index in [0.717, 1.165) is 5.56 Å². The Hall–Kier alpha value is -3.71. The third-order valence-corrected chi connectivity index (χ3v) is 4.95. The number of halogens is 1. The van der Waals surface area contributed by atoms with Crippen molar-refractivity contribution in [2.45, 2.75) is 6.42 Å². The maximum absolute atomic E-state index is 13.1. The van der Waals surface area contributed by atoms with Crippen molar-refractivity contribution in [1.82, 2.24) is 4.98 Å². The number of carbonyl (C=O) groups is 2. The lowest BCUT2D eigenvalue weighted by Crippen LogP contribution is -2.39. The SMILES string of the molecule is COc1cccc(NC(=O)CN2C(=O)CC(c3cccc(Cl)c3)=Nc3cccnc32)c1. The van der Waals surface area contributed by atoms with Gasteiger partial charge < -0.3 is 10.1 Å². The number of ether oxygens (including phenoxy) is 1. The summed E-state index contributed by atoms with van der Waals surface area (Å²) < 4.78 is 5.18. The van der Waals surface area contributed by atoms with Crippen LogP contribution in [0, 0.1) is 0 Å². The highest BCUT2D eigenvalue weighted by Gasteiger charge is 2.27. The molecular formula is C23H19ClN4O3. The van der Waals surface area contributed by atoms with Gasteiger partial charge in [-0.1, -0.05) is 29.8 Å². The van der Waals surface area contributed by atoms with Gasteiger partial charge in [0.2, 0.25) is 11.8 Å². The lowest BCUT2D eigenvalue weighted by atomic mass is 10.1. The van der Waals surface area contributed by atoms with Crippen molar-refractivity contribution < 1.29 is 14.3 Å². The molecule has 0 bridgehead atoms. The molecule has 2 amide bonds. The summed E-state index contributed by atoms with van der Waals surface area (Å²) in [5.74, 6) is 0.321. The minimum atomic E-state index is -0.357. The van der Waals surface area contributed by atoms with Gasteiger partial charge in [-0.05, 0) is 42.0 Å². The molecule has 0 saturated carbocycles. The number of rotatable bonds is 5. The summed E-state index contributed by atoms with van der Waals surface area (Å²) in [6, 6.07) is 17.7. The van der Waals surface area contributed by atoms with Crippen LogP contribution in [-0.2, 0) is 9.59 Å². The van der Waals surface area contributed by atoms with Crippen LogP contribution in [0.5, 0.6) is 5.75 Å². The lowest BCUT2D eigenvalue weighted by molar-refractivity contribution is -0.120. The minimum Gasteiger partial charge on any atom is -0.497 e. The number of benzene rings is 2. The molecule has 0 spiro atoms. The Labute approximate surface area is 184 Å². The van der Waals surface area contributed by atoms with Crippen LogP contribution in [0.2, 0.25) is 5.02 Å². The Kier molecular flexibility index (Phi) is 5.95. The van der Waals surface area contributed by atoms with E-state index >= 15 is 0 Å². The van der Waals surface area contributed by atoms with Crippen molar-refractivity contribution >= 4 is 46.3 Å². The average Bonchev–Trinajstić information content (AvgIpc) is 2.90. The Balaban J connectivity index is 1.60. The number of fused-ring (bicyclic) bond motifs is 1. The third-order valence-electron chi connectivity index (χ3n) is 4.71. The van der Waals surface area contributed by atoms with Gasteiger partial charge in [0.1, 0.15) is 18.0 Å². The summed E-state index contributed by atoms with van der Waals surface area (Å²) in [6.45, 7) is -0.196. The van der Waals surface area contributed by atoms with E-state index in [1.807, 2.05) is 6.07 Å². The summed E-state index contributed by atoms with van der Waals surface area (Å²) in [5.41, 5.74) is 2.40. The molecule has 156 valence electrons. The number of nitrogens with one attached hydrogen (secondary N) is 1. The van der Waals surface area contributed by atoms with Gasteiger partial charge in [-0.25, -0.2) is 9.98 Å². The highest BCUT2D eigenvalue weighted by molar-refractivity contribution is 6.31. The summed E-state index contributed by atoms with van der Waals surface area (Å²) in [6.07, 6.45) is 1.59. The number of amides is 2. The van der Waals surface area contributed by atoms with E-state index < -0.39 is 0 Å². The Morgan fingerprint density at radius 3 is 2.81 bits per heavy atom. The maximum Gasteiger partial charge on any atom is 0.244 e. The fraction of sp³-hybridized carbons (Fsp3) is 0.130. The van der Waals surface area contributed by atoms with E-state index in [1.165, 1.54) is 4.90 Å². The van der Waals surface area contributed by atoms with E-state index in [0.29, 0.717) is 33.7 Å². The zero-order valence-electron chi connectivity index (χ0n) is 16.7. The van der Waals surface area contributed by atoms with Crippen LogP contribution in [0.3, 0.4) is 0 Å². The number of pyridine rings is 1. The molecule has 7 nitrogen and oxygen atoms in total. The molecule has 31 heavy (non-hydrogen) atoms. The first kappa shape index (κ1) is 20.6. The molecule has 0 radical (unpaired) electrons. The van der Waals surface area contributed by atoms with Gasteiger partial charge in [0.15, 0.2) is 5.82 Å². The van der Waals surface area contributed by atoms with E-state index in [1.54, 1.807) is 67.9 Å². The number of nitrogens with zero attached hydrogens (tertiary/aromatic N) is 3. The summed E-state index contributed by atoms with van der Waals surface area (Å²) in [5, 5.41) is 3.34. The molecule has 1 aromatic heterocycles. The molecule has 0 atom stereocenters. The largest absolute Gasteiger partial charge is 0.497 e. The van der Waals surface area contributed by atoms with Gasteiger partial charge in [-0.3, -0.25) is 14.5 Å². The van der Waals surface area contributed by atoms with Crippen molar-refractivity contribution in [3.63, 3.8) is 0 Å². The molecule has 1 N–H and O–H groups in total. The molecule has 0 fully saturated rings. The lowest BCUT2D eigenvalue weighted by Gasteiger charge is -2.20. The predicted octanol–water partition coefficient (Wildman–Crippen LogP) is 4.24. The van der Waals surface area contributed by atoms with Crippen LogP contribution in [-0.4, -0.2) is 36.2 Å². The van der Waals surface area contributed by atoms with Crippen molar-refractivity contribution in [1.29, 1.82) is 0 Å². The Morgan fingerprint density at radius 1 is 1.16 bits per heavy atom. The van der Waals surface area contributed by atoms with E-state index in [9.17, 15) is 9.59 Å². The summed E-state index contributed by atoms with van der Waals surface area (Å²) in [4.78, 5) is 36.1. The standard InChI is InChI=1S/C23H19ClN4O3/c1-31-18-8-3-7-17(12-18)26-21(29)14-28-22(30)13-20(15-5-2-6-16(24)11-15)27-19-9-4-10-25-23(19)28/h2-12H,13-14H2,1H3,(H,26,29). The van der Waals surface area contributed by atoms with Gasteiger partial charge in [-0.2, -0.15) is 0 Å². The topological polar surface area (TPSA) is 83.9 Å². The number of hydrogen-bond donors (Lipinski definition) is 1. The van der Waals surface area contributed by atoms with Crippen LogP contribution in [0.1, 0.15) is 12.0 Å². The zero-order chi connectivity index (χ0) is 21.8. The minimum absolute atomic E-state index is 0.0170. The molecule has 0 unspecified atom stereocenters. The van der Waals surface area contributed by atoms with Gasteiger partial charge in [-0.15, -0.1) is 0 Å². The fourth-order valence-electron chi connectivity index (χ4n) is 3.27. The van der Waals surface area contributed by atoms with Crippen LogP contribution >= 0.6 is 11.6 Å². The number of aliphatic imine (C=N–C) groups is 1. The van der Waals surface area contributed by atoms with E-state index in [4.69, 9.17) is 16.3 Å². The third kappa shape index (κ3) is 4.73. The second-order valence-corrected chi connectivity index (χ2v) is 7.29. The molecule has 1 aliphatic heterocycles. The molecule has 2 aromatic carbocycles. The van der Waals surface area contributed by atoms with Gasteiger partial charge >= 0.3 is 0 Å². The van der Waals surface area contributed by atoms with Crippen LogP contribution < -0.4 is 15.0 Å². The highest BCUT2D eigenvalue weighted by atomic mass is 35.5. The number of aromatic nitrogens is 1. The highest BCUT2D eigenvalue weighted by Crippen LogP contribution is 2.31. The normalized spacial score (nSPS) is 13.2. The van der Waals surface area contributed by atoms with Crippen molar-refractivity contribution in [2.75, 3.05) is 23.9 Å². The monoisotopic (exact) mass is 434 g/mol. The van der Waals surface area contributed by atoms with Crippen molar-refractivity contribution in [3.8, 4) is 5.75 Å². The Bertz CT molecular complexity index is 1180. The predicted molar refractivity (Wildman–Crippen MR) is 120 cm³/mol. The van der Waals surface area contributed by atoms with Gasteiger partial charge in [0.25, 0.3) is 0 Å². The van der Waals surface area contributed by atoms with Gasteiger partial charge in [0.05, 0.1) is 19.2 Å². The second kappa shape index (κ2) is 8.97. The van der Waals surface area contributed by atoms with Crippen molar-refractivity contribution in [2.24, 2.45) is 4.99 Å². The van der Waals surface area contributed by atoms with Crippen molar-refractivity contribution in [3.05, 3.63) is 77.4 Å². The zero-order valence-corrected chi connectivity index (χ0v) is 17.5. The summed E-state index contributed by atoms with van der Waals surface area (Å²) >= 11 is 6.11. The quantitative estimate of drug-likeness (QED) is 0.651. The smallest absolute Gasteiger partial charge is 0.244 e. The van der Waals surface area contributed by atoms with Crippen LogP contribution in [0.25, 0.3) is 0 Å². The number of anilines is 2. The van der Waals surface area contributed by atoms with E-state index in [-0.39, 0.29) is 24.8 Å². The molecule has 0 saturated heterocycles. The van der Waals surface area contributed by atoms with Crippen LogP contribution in [0.4, 0.5) is 17.2 Å². The molecule has 0 aliphatic carbocycles. The summed E-state index contributed by atoms with van der Waals surface area (Å²) in [7, 11) is 1.55. The van der Waals surface area contributed by atoms with Gasteiger partial charge in [0, 0.05) is 23.0 Å². The first-order valence-electron chi connectivity index (χ1n) is 9.56. The number of carbonyl (C=O) groups excluding carboxylic acids is 2. The maximum atomic E-state index is 13.1. The molecule has 1 aliphatic rings. The molecular weight excluding hydrogens is 416 g/mol. The first-order valence-corrected chi connectivity index (χ1v) is 9.94. The number of hydrogen-bond acceptors (Lipinski definition) is 5. The first-order chi connectivity index (χ1) is 15.0. The Morgan fingerprint density at radius 2 is 2.00 bits per heavy atom. The molecule has 2 heterocycles. The van der Waals surface area contributed by atoms with Crippen LogP contribution in [0.15, 0.2) is 71.9 Å². The second-order valence-electron chi connectivity index (χ2n) is 6.85. The molecule has 4 rings (SSSR count). The van der Waals surface area contributed by atoms with E-state index in [2.05, 4.69) is 15.3 Å². The molecule has 8 heteroatoms.